The molecule has 0 bridgehead atoms. The van der Waals surface area contributed by atoms with Gasteiger partial charge in [-0.25, -0.2) is 0 Å². The van der Waals surface area contributed by atoms with Crippen molar-refractivity contribution in [2.24, 2.45) is 4.99 Å². The Hall–Kier alpha value is -1.59. The van der Waals surface area contributed by atoms with Crippen LogP contribution in [0.4, 0.5) is 0 Å². The van der Waals surface area contributed by atoms with Gasteiger partial charge in [-0.1, -0.05) is 30.3 Å². The van der Waals surface area contributed by atoms with E-state index in [1.54, 1.807) is 7.11 Å². The molecule has 0 unspecified atom stereocenters. The van der Waals surface area contributed by atoms with E-state index in [0.29, 0.717) is 23.2 Å². The summed E-state index contributed by atoms with van der Waals surface area (Å²) < 4.78 is 4.91. The van der Waals surface area contributed by atoms with Gasteiger partial charge in [-0.15, -0.1) is 0 Å². The fraction of sp³-hybridized carbons (Fsp3) is 0.231. The number of aliphatic imine (C=N–C) groups is 1. The molecule has 1 aliphatic heterocycles. The van der Waals surface area contributed by atoms with Crippen LogP contribution in [0.1, 0.15) is 5.56 Å². The van der Waals surface area contributed by atoms with Crippen LogP contribution in [0.25, 0.3) is 6.08 Å². The number of benzene rings is 1. The lowest BCUT2D eigenvalue weighted by Gasteiger charge is -1.94. The van der Waals surface area contributed by atoms with Crippen molar-refractivity contribution < 1.29 is 9.53 Å². The highest BCUT2D eigenvalue weighted by Gasteiger charge is 2.23. The third-order valence-electron chi connectivity index (χ3n) is 2.30. The molecule has 1 aromatic carbocycles. The Labute approximate surface area is 110 Å². The maximum atomic E-state index is 11.7. The Morgan fingerprint density at radius 2 is 2.17 bits per heavy atom. The standard InChI is InChI=1S/C13H14N2O2S/c1-17-8-7-14-13-15-12(16)11(18-13)9-10-5-3-2-4-6-10/h2-6,9H,7-8H2,1H3,(H,14,15,16)/b11-9-. The zero-order valence-electron chi connectivity index (χ0n) is 10.1. The molecule has 0 atom stereocenters. The summed E-state index contributed by atoms with van der Waals surface area (Å²) in [4.78, 5) is 16.6. The number of ether oxygens (including phenoxy) is 1. The molecule has 0 spiro atoms. The highest BCUT2D eigenvalue weighted by Crippen LogP contribution is 2.25. The first kappa shape index (κ1) is 12.9. The first-order valence-corrected chi connectivity index (χ1v) is 6.40. The summed E-state index contributed by atoms with van der Waals surface area (Å²) in [5.41, 5.74) is 1.01. The van der Waals surface area contributed by atoms with Crippen molar-refractivity contribution in [3.05, 3.63) is 40.8 Å². The molecule has 2 rings (SSSR count). The van der Waals surface area contributed by atoms with E-state index in [2.05, 4.69) is 10.3 Å². The highest BCUT2D eigenvalue weighted by molar-refractivity contribution is 8.18. The number of hydrogen-bond donors (Lipinski definition) is 1. The van der Waals surface area contributed by atoms with E-state index in [1.807, 2.05) is 36.4 Å². The van der Waals surface area contributed by atoms with Crippen molar-refractivity contribution in [1.29, 1.82) is 0 Å². The fourth-order valence-electron chi connectivity index (χ4n) is 1.44. The number of carbonyl (C=O) groups is 1. The predicted molar refractivity (Wildman–Crippen MR) is 74.3 cm³/mol. The maximum absolute atomic E-state index is 11.7. The van der Waals surface area contributed by atoms with Crippen LogP contribution in [0.5, 0.6) is 0 Å². The average Bonchev–Trinajstić information content (AvgIpc) is 2.72. The molecule has 1 saturated heterocycles. The third kappa shape index (κ3) is 3.45. The summed E-state index contributed by atoms with van der Waals surface area (Å²) in [7, 11) is 1.63. The molecule has 5 heteroatoms. The predicted octanol–water partition coefficient (Wildman–Crippen LogP) is 1.89. The van der Waals surface area contributed by atoms with Gasteiger partial charge < -0.3 is 10.1 Å². The van der Waals surface area contributed by atoms with Crippen LogP contribution in [0.2, 0.25) is 0 Å². The molecule has 1 amide bonds. The van der Waals surface area contributed by atoms with Crippen LogP contribution in [-0.4, -0.2) is 31.3 Å². The minimum Gasteiger partial charge on any atom is -0.383 e. The number of methoxy groups -OCH3 is 1. The number of thioether (sulfide) groups is 1. The summed E-state index contributed by atoms with van der Waals surface area (Å²) >= 11 is 1.36. The average molecular weight is 262 g/mol. The van der Waals surface area contributed by atoms with E-state index < -0.39 is 0 Å². The zero-order chi connectivity index (χ0) is 12.8. The van der Waals surface area contributed by atoms with Crippen molar-refractivity contribution in [2.75, 3.05) is 20.3 Å². The van der Waals surface area contributed by atoms with Crippen molar-refractivity contribution in [2.45, 2.75) is 0 Å². The van der Waals surface area contributed by atoms with Crippen LogP contribution in [-0.2, 0) is 9.53 Å². The van der Waals surface area contributed by atoms with Gasteiger partial charge in [0, 0.05) is 7.11 Å². The van der Waals surface area contributed by atoms with E-state index in [9.17, 15) is 4.79 Å². The monoisotopic (exact) mass is 262 g/mol. The van der Waals surface area contributed by atoms with Crippen molar-refractivity contribution in [1.82, 2.24) is 5.32 Å². The fourth-order valence-corrected chi connectivity index (χ4v) is 2.29. The number of amides is 1. The number of nitrogens with one attached hydrogen (secondary N) is 1. The van der Waals surface area contributed by atoms with Gasteiger partial charge in [0.25, 0.3) is 5.91 Å². The second-order valence-electron chi connectivity index (χ2n) is 3.66. The van der Waals surface area contributed by atoms with Crippen molar-refractivity contribution in [3.8, 4) is 0 Å². The van der Waals surface area contributed by atoms with Gasteiger partial charge in [0.05, 0.1) is 18.1 Å². The van der Waals surface area contributed by atoms with Gasteiger partial charge in [-0.2, -0.15) is 0 Å². The third-order valence-corrected chi connectivity index (χ3v) is 3.25. The van der Waals surface area contributed by atoms with Crippen molar-refractivity contribution >= 4 is 28.9 Å². The van der Waals surface area contributed by atoms with Gasteiger partial charge >= 0.3 is 0 Å². The number of carbonyl (C=O) groups excluding carboxylic acids is 1. The Bertz CT molecular complexity index is 483. The smallest absolute Gasteiger partial charge is 0.264 e. The minimum atomic E-state index is -0.0972. The quantitative estimate of drug-likeness (QED) is 0.666. The molecule has 1 aliphatic rings. The van der Waals surface area contributed by atoms with E-state index in [0.717, 1.165) is 5.56 Å². The van der Waals surface area contributed by atoms with Crippen LogP contribution >= 0.6 is 11.8 Å². The van der Waals surface area contributed by atoms with Gasteiger partial charge in [-0.3, -0.25) is 9.79 Å². The molecule has 94 valence electrons. The molecule has 18 heavy (non-hydrogen) atoms. The normalized spacial score (nSPS) is 19.5. The number of nitrogens with zero attached hydrogens (tertiary/aromatic N) is 1. The molecular weight excluding hydrogens is 248 g/mol. The summed E-state index contributed by atoms with van der Waals surface area (Å²) in [5, 5.41) is 3.37. The molecule has 0 radical (unpaired) electrons. The number of amidine groups is 1. The minimum absolute atomic E-state index is 0.0972. The molecule has 1 N–H and O–H groups in total. The van der Waals surface area contributed by atoms with Crippen molar-refractivity contribution in [3.63, 3.8) is 0 Å². The number of rotatable bonds is 4. The van der Waals surface area contributed by atoms with E-state index in [4.69, 9.17) is 4.74 Å². The van der Waals surface area contributed by atoms with Gasteiger partial charge in [0.15, 0.2) is 5.17 Å². The Kier molecular flexibility index (Phi) is 4.55. The van der Waals surface area contributed by atoms with Crippen LogP contribution in [0.3, 0.4) is 0 Å². The van der Waals surface area contributed by atoms with Gasteiger partial charge in [-0.05, 0) is 23.4 Å². The molecule has 1 fully saturated rings. The summed E-state index contributed by atoms with van der Waals surface area (Å²) in [6.07, 6.45) is 1.86. The van der Waals surface area contributed by atoms with Crippen LogP contribution in [0.15, 0.2) is 40.2 Å². The Morgan fingerprint density at radius 3 is 2.89 bits per heavy atom. The molecule has 4 nitrogen and oxygen atoms in total. The van der Waals surface area contributed by atoms with Crippen LogP contribution < -0.4 is 5.32 Å². The first-order valence-electron chi connectivity index (χ1n) is 5.59. The van der Waals surface area contributed by atoms with E-state index in [-0.39, 0.29) is 5.91 Å². The molecule has 0 aromatic heterocycles. The van der Waals surface area contributed by atoms with E-state index in [1.165, 1.54) is 11.8 Å². The molecular formula is C13H14N2O2S. The summed E-state index contributed by atoms with van der Waals surface area (Å²) in [6, 6.07) is 9.75. The lowest BCUT2D eigenvalue weighted by molar-refractivity contribution is -0.115. The lowest BCUT2D eigenvalue weighted by Crippen LogP contribution is -2.20. The SMILES string of the molecule is COCCN=C1NC(=O)/C(=C/c2ccccc2)S1. The topological polar surface area (TPSA) is 50.7 Å². The number of hydrogen-bond acceptors (Lipinski definition) is 4. The zero-order valence-corrected chi connectivity index (χ0v) is 10.9. The van der Waals surface area contributed by atoms with Gasteiger partial charge in [0.2, 0.25) is 0 Å². The van der Waals surface area contributed by atoms with E-state index >= 15 is 0 Å². The lowest BCUT2D eigenvalue weighted by atomic mass is 10.2. The molecule has 1 heterocycles. The summed E-state index contributed by atoms with van der Waals surface area (Å²) in [5.74, 6) is -0.0972. The maximum Gasteiger partial charge on any atom is 0.264 e. The highest BCUT2D eigenvalue weighted by atomic mass is 32.2. The van der Waals surface area contributed by atoms with Gasteiger partial charge in [0.1, 0.15) is 0 Å². The molecule has 0 saturated carbocycles. The largest absolute Gasteiger partial charge is 0.383 e. The second-order valence-corrected chi connectivity index (χ2v) is 4.69. The molecule has 0 aliphatic carbocycles. The van der Waals surface area contributed by atoms with Crippen LogP contribution in [0, 0.1) is 0 Å². The first-order chi connectivity index (χ1) is 8.79. The second kappa shape index (κ2) is 6.37. The Balaban J connectivity index is 2.06. The molecule has 1 aromatic rings. The Morgan fingerprint density at radius 1 is 1.39 bits per heavy atom. The summed E-state index contributed by atoms with van der Waals surface area (Å²) in [6.45, 7) is 1.11.